The van der Waals surface area contributed by atoms with E-state index in [2.05, 4.69) is 33.5 Å². The maximum Gasteiger partial charge on any atom is 0.262 e. The Morgan fingerprint density at radius 3 is 2.48 bits per heavy atom. The van der Waals surface area contributed by atoms with Gasteiger partial charge in [-0.15, -0.1) is 0 Å². The van der Waals surface area contributed by atoms with Crippen molar-refractivity contribution < 1.29 is 14.3 Å². The summed E-state index contributed by atoms with van der Waals surface area (Å²) in [5.41, 5.74) is 3.21. The molecule has 0 saturated heterocycles. The highest BCUT2D eigenvalue weighted by molar-refractivity contribution is 9.10. The molecule has 0 aromatic heterocycles. The number of ether oxygens (including phenoxy) is 1. The molecule has 1 atom stereocenters. The van der Waals surface area contributed by atoms with Crippen LogP contribution in [0.5, 0.6) is 5.75 Å². The molecule has 0 fully saturated rings. The Bertz CT molecular complexity index is 1050. The Morgan fingerprint density at radius 1 is 1.00 bits per heavy atom. The molecule has 0 bridgehead atoms. The van der Waals surface area contributed by atoms with Gasteiger partial charge in [0.25, 0.3) is 11.8 Å². The second-order valence-corrected chi connectivity index (χ2v) is 8.00. The van der Waals surface area contributed by atoms with E-state index in [1.54, 1.807) is 24.3 Å². The van der Waals surface area contributed by atoms with Crippen molar-refractivity contribution >= 4 is 33.4 Å². The van der Waals surface area contributed by atoms with Crippen LogP contribution < -0.4 is 15.4 Å². The molecule has 0 spiro atoms. The van der Waals surface area contributed by atoms with Crippen LogP contribution in [0.4, 0.5) is 5.69 Å². The topological polar surface area (TPSA) is 67.4 Å². The minimum Gasteiger partial charge on any atom is -0.483 e. The first kappa shape index (κ1) is 22.6. The minimum absolute atomic E-state index is 0.127. The zero-order valence-corrected chi connectivity index (χ0v) is 19.1. The van der Waals surface area contributed by atoms with E-state index >= 15 is 0 Å². The van der Waals surface area contributed by atoms with Crippen LogP contribution in [0.1, 0.15) is 41.4 Å². The quantitative estimate of drug-likeness (QED) is 0.445. The first-order valence-corrected chi connectivity index (χ1v) is 10.9. The largest absolute Gasteiger partial charge is 0.483 e. The number of carbonyl (C=O) groups excluding carboxylic acids is 2. The van der Waals surface area contributed by atoms with Gasteiger partial charge in [-0.1, -0.05) is 49.4 Å². The average Bonchev–Trinajstić information content (AvgIpc) is 2.78. The van der Waals surface area contributed by atoms with E-state index in [1.165, 1.54) is 5.56 Å². The standard InChI is InChI=1S/C25H25BrN2O3/c1-3-18-12-13-23(22(26)14-18)31-16-24(29)28-21-11-7-10-20(15-21)25(30)27-17(2)19-8-5-4-6-9-19/h4-15,17H,3,16H2,1-2H3,(H,27,30)(H,28,29). The molecule has 2 N–H and O–H groups in total. The summed E-state index contributed by atoms with van der Waals surface area (Å²) in [6, 6.07) is 22.2. The summed E-state index contributed by atoms with van der Waals surface area (Å²) in [6.45, 7) is 3.87. The van der Waals surface area contributed by atoms with Gasteiger partial charge in [-0.2, -0.15) is 0 Å². The van der Waals surface area contributed by atoms with Gasteiger partial charge in [0.1, 0.15) is 5.75 Å². The van der Waals surface area contributed by atoms with Gasteiger partial charge < -0.3 is 15.4 Å². The highest BCUT2D eigenvalue weighted by atomic mass is 79.9. The Morgan fingerprint density at radius 2 is 1.77 bits per heavy atom. The third-order valence-electron chi connectivity index (χ3n) is 4.82. The van der Waals surface area contributed by atoms with E-state index in [4.69, 9.17) is 4.74 Å². The molecule has 1 unspecified atom stereocenters. The molecule has 0 aliphatic carbocycles. The van der Waals surface area contributed by atoms with Crippen LogP contribution >= 0.6 is 15.9 Å². The summed E-state index contributed by atoms with van der Waals surface area (Å²) < 4.78 is 6.42. The van der Waals surface area contributed by atoms with Crippen molar-refractivity contribution in [1.82, 2.24) is 5.32 Å². The van der Waals surface area contributed by atoms with Crippen molar-refractivity contribution in [2.45, 2.75) is 26.3 Å². The minimum atomic E-state index is -0.304. The van der Waals surface area contributed by atoms with E-state index in [-0.39, 0.29) is 24.5 Å². The molecular formula is C25H25BrN2O3. The van der Waals surface area contributed by atoms with Crippen molar-refractivity contribution in [2.24, 2.45) is 0 Å². The van der Waals surface area contributed by atoms with Gasteiger partial charge in [-0.25, -0.2) is 0 Å². The summed E-state index contributed by atoms with van der Waals surface area (Å²) in [5.74, 6) is 0.0979. The predicted octanol–water partition coefficient (Wildman–Crippen LogP) is 5.52. The van der Waals surface area contributed by atoms with Gasteiger partial charge in [0.2, 0.25) is 0 Å². The highest BCUT2D eigenvalue weighted by Gasteiger charge is 2.13. The van der Waals surface area contributed by atoms with Crippen LogP contribution in [0.25, 0.3) is 0 Å². The van der Waals surface area contributed by atoms with E-state index in [0.29, 0.717) is 17.0 Å². The number of rotatable bonds is 8. The number of benzene rings is 3. The average molecular weight is 481 g/mol. The Hall–Kier alpha value is -3.12. The maximum absolute atomic E-state index is 12.6. The number of carbonyl (C=O) groups is 2. The molecule has 31 heavy (non-hydrogen) atoms. The summed E-state index contributed by atoms with van der Waals surface area (Å²) in [4.78, 5) is 24.9. The van der Waals surface area contributed by atoms with Crippen LogP contribution in [0.2, 0.25) is 0 Å². The Kier molecular flexibility index (Phi) is 7.84. The molecule has 160 valence electrons. The second kappa shape index (κ2) is 10.8. The molecule has 0 aliphatic heterocycles. The van der Waals surface area contributed by atoms with Crippen LogP contribution in [0.15, 0.2) is 77.3 Å². The third-order valence-corrected chi connectivity index (χ3v) is 5.44. The van der Waals surface area contributed by atoms with Crippen molar-refractivity contribution in [3.8, 4) is 5.75 Å². The molecule has 0 radical (unpaired) electrons. The van der Waals surface area contributed by atoms with Gasteiger partial charge in [0, 0.05) is 11.3 Å². The lowest BCUT2D eigenvalue weighted by atomic mass is 10.1. The van der Waals surface area contributed by atoms with Crippen LogP contribution in [-0.4, -0.2) is 18.4 Å². The lowest BCUT2D eigenvalue weighted by Crippen LogP contribution is -2.27. The van der Waals surface area contributed by atoms with Crippen molar-refractivity contribution in [1.29, 1.82) is 0 Å². The molecule has 0 saturated carbocycles. The molecule has 3 aromatic carbocycles. The number of amides is 2. The van der Waals surface area contributed by atoms with E-state index < -0.39 is 0 Å². The van der Waals surface area contributed by atoms with Gasteiger partial charge >= 0.3 is 0 Å². The molecule has 3 rings (SSSR count). The predicted molar refractivity (Wildman–Crippen MR) is 126 cm³/mol. The lowest BCUT2D eigenvalue weighted by molar-refractivity contribution is -0.118. The second-order valence-electron chi connectivity index (χ2n) is 7.14. The van der Waals surface area contributed by atoms with Gasteiger partial charge in [-0.05, 0) is 70.7 Å². The number of aryl methyl sites for hydroxylation is 1. The molecule has 5 nitrogen and oxygen atoms in total. The van der Waals surface area contributed by atoms with E-state index in [9.17, 15) is 9.59 Å². The molecule has 2 amide bonds. The summed E-state index contributed by atoms with van der Waals surface area (Å²) >= 11 is 3.47. The molecular weight excluding hydrogens is 456 g/mol. The molecule has 6 heteroatoms. The van der Waals surface area contributed by atoms with Crippen molar-refractivity contribution in [3.63, 3.8) is 0 Å². The number of hydrogen-bond donors (Lipinski definition) is 2. The fourth-order valence-corrected chi connectivity index (χ4v) is 3.61. The SMILES string of the molecule is CCc1ccc(OCC(=O)Nc2cccc(C(=O)NC(C)c3ccccc3)c2)c(Br)c1. The third kappa shape index (κ3) is 6.43. The van der Waals surface area contributed by atoms with Crippen LogP contribution in [0, 0.1) is 0 Å². The molecule has 0 aliphatic rings. The molecule has 3 aromatic rings. The molecule has 0 heterocycles. The number of hydrogen-bond acceptors (Lipinski definition) is 3. The Balaban J connectivity index is 1.57. The van der Waals surface area contributed by atoms with Gasteiger partial charge in [0.15, 0.2) is 6.61 Å². The lowest BCUT2D eigenvalue weighted by Gasteiger charge is -2.15. The summed E-state index contributed by atoms with van der Waals surface area (Å²) in [5, 5.41) is 5.75. The smallest absolute Gasteiger partial charge is 0.262 e. The fraction of sp³-hybridized carbons (Fsp3) is 0.200. The number of anilines is 1. The van der Waals surface area contributed by atoms with E-state index in [0.717, 1.165) is 16.5 Å². The first-order valence-electron chi connectivity index (χ1n) is 10.1. The summed E-state index contributed by atoms with van der Waals surface area (Å²) in [7, 11) is 0. The van der Waals surface area contributed by atoms with Crippen molar-refractivity contribution in [2.75, 3.05) is 11.9 Å². The number of halogens is 1. The highest BCUT2D eigenvalue weighted by Crippen LogP contribution is 2.26. The summed E-state index contributed by atoms with van der Waals surface area (Å²) in [6.07, 6.45) is 0.924. The monoisotopic (exact) mass is 480 g/mol. The first-order chi connectivity index (χ1) is 15.0. The number of nitrogens with one attached hydrogen (secondary N) is 2. The zero-order chi connectivity index (χ0) is 22.2. The van der Waals surface area contributed by atoms with Gasteiger partial charge in [0.05, 0.1) is 10.5 Å². The normalized spacial score (nSPS) is 11.5. The van der Waals surface area contributed by atoms with Crippen molar-refractivity contribution in [3.05, 3.63) is 94.0 Å². The van der Waals surface area contributed by atoms with Gasteiger partial charge in [-0.3, -0.25) is 9.59 Å². The fourth-order valence-electron chi connectivity index (χ4n) is 3.06. The van der Waals surface area contributed by atoms with Crippen LogP contribution in [0.3, 0.4) is 0 Å². The maximum atomic E-state index is 12.6. The zero-order valence-electron chi connectivity index (χ0n) is 17.5. The Labute approximate surface area is 191 Å². The van der Waals surface area contributed by atoms with E-state index in [1.807, 2.05) is 55.5 Å². The van der Waals surface area contributed by atoms with Crippen LogP contribution in [-0.2, 0) is 11.2 Å².